The summed E-state index contributed by atoms with van der Waals surface area (Å²) in [5, 5.41) is 10.3. The van der Waals surface area contributed by atoms with E-state index in [-0.39, 0.29) is 6.10 Å². The summed E-state index contributed by atoms with van der Waals surface area (Å²) in [5.74, 6) is 0.900. The normalized spacial score (nSPS) is 16.5. The number of β-amino-alcohol motifs (C(OH)–C–C–N with tert-alkyl or cyclic N) is 1. The molecule has 4 nitrogen and oxygen atoms in total. The van der Waals surface area contributed by atoms with Gasteiger partial charge in [-0.2, -0.15) is 0 Å². The summed E-state index contributed by atoms with van der Waals surface area (Å²) in [6.45, 7) is 1.30. The molecule has 1 fully saturated rings. The second kappa shape index (κ2) is 3.68. The van der Waals surface area contributed by atoms with Gasteiger partial charge in [-0.25, -0.2) is 9.97 Å². The summed E-state index contributed by atoms with van der Waals surface area (Å²) in [6, 6.07) is 5.93. The Balaban J connectivity index is 2.14. The molecule has 0 amide bonds. The molecule has 1 aliphatic heterocycles. The molecule has 0 atom stereocenters. The molecule has 82 valence electrons. The number of benzene rings is 1. The van der Waals surface area contributed by atoms with E-state index in [0.717, 1.165) is 21.2 Å². The Morgan fingerprint density at radius 2 is 2.12 bits per heavy atom. The summed E-state index contributed by atoms with van der Waals surface area (Å²) in [5.41, 5.74) is 0.911. The molecule has 0 unspecified atom stereocenters. The standard InChI is InChI=1S/C11H10BrN3O/c12-9-3-1-2-8-10(9)13-6-14-11(8)15-4-7(16)5-15/h1-3,6-7,16H,4-5H2. The number of halogens is 1. The number of nitrogens with zero attached hydrogens (tertiary/aromatic N) is 3. The molecular weight excluding hydrogens is 270 g/mol. The first kappa shape index (κ1) is 9.99. The molecule has 1 aromatic carbocycles. The highest BCUT2D eigenvalue weighted by molar-refractivity contribution is 9.10. The highest BCUT2D eigenvalue weighted by Gasteiger charge is 2.26. The first-order valence-electron chi connectivity index (χ1n) is 5.08. The Morgan fingerprint density at radius 3 is 2.88 bits per heavy atom. The Hall–Kier alpha value is -1.20. The van der Waals surface area contributed by atoms with Crippen LogP contribution in [-0.2, 0) is 0 Å². The molecule has 1 N–H and O–H groups in total. The summed E-state index contributed by atoms with van der Waals surface area (Å²) < 4.78 is 0.967. The van der Waals surface area contributed by atoms with Crippen molar-refractivity contribution in [3.05, 3.63) is 29.0 Å². The van der Waals surface area contributed by atoms with E-state index in [1.54, 1.807) is 6.33 Å². The first-order valence-corrected chi connectivity index (χ1v) is 5.87. The van der Waals surface area contributed by atoms with Crippen LogP contribution in [0.25, 0.3) is 10.9 Å². The van der Waals surface area contributed by atoms with Gasteiger partial charge in [-0.3, -0.25) is 0 Å². The number of rotatable bonds is 1. The van der Waals surface area contributed by atoms with E-state index < -0.39 is 0 Å². The van der Waals surface area contributed by atoms with Crippen LogP contribution in [0.15, 0.2) is 29.0 Å². The zero-order valence-electron chi connectivity index (χ0n) is 8.47. The van der Waals surface area contributed by atoms with Gasteiger partial charge in [-0.1, -0.05) is 6.07 Å². The van der Waals surface area contributed by atoms with Crippen molar-refractivity contribution in [2.75, 3.05) is 18.0 Å². The van der Waals surface area contributed by atoms with Gasteiger partial charge in [0.2, 0.25) is 0 Å². The van der Waals surface area contributed by atoms with Gasteiger partial charge in [0.25, 0.3) is 0 Å². The Morgan fingerprint density at radius 1 is 1.31 bits per heavy atom. The average Bonchev–Trinajstić information content (AvgIpc) is 2.25. The molecule has 1 aromatic heterocycles. The van der Waals surface area contributed by atoms with Crippen LogP contribution in [0.3, 0.4) is 0 Å². The van der Waals surface area contributed by atoms with Crippen LogP contribution in [0.1, 0.15) is 0 Å². The Labute approximate surface area is 101 Å². The van der Waals surface area contributed by atoms with Gasteiger partial charge in [0.15, 0.2) is 0 Å². The van der Waals surface area contributed by atoms with Crippen molar-refractivity contribution >= 4 is 32.7 Å². The molecule has 0 bridgehead atoms. The van der Waals surface area contributed by atoms with E-state index in [1.165, 1.54) is 0 Å². The van der Waals surface area contributed by atoms with Crippen molar-refractivity contribution in [2.24, 2.45) is 0 Å². The van der Waals surface area contributed by atoms with Gasteiger partial charge in [0.05, 0.1) is 11.6 Å². The maximum Gasteiger partial charge on any atom is 0.140 e. The molecule has 0 radical (unpaired) electrons. The zero-order valence-corrected chi connectivity index (χ0v) is 10.1. The molecule has 2 heterocycles. The predicted molar refractivity (Wildman–Crippen MR) is 65.5 cm³/mol. The topological polar surface area (TPSA) is 49.2 Å². The highest BCUT2D eigenvalue weighted by Crippen LogP contribution is 2.29. The monoisotopic (exact) mass is 279 g/mol. The minimum Gasteiger partial charge on any atom is -0.389 e. The number of hydrogen-bond acceptors (Lipinski definition) is 4. The van der Waals surface area contributed by atoms with Gasteiger partial charge >= 0.3 is 0 Å². The third-order valence-corrected chi connectivity index (χ3v) is 3.40. The van der Waals surface area contributed by atoms with Crippen LogP contribution in [0, 0.1) is 0 Å². The lowest BCUT2D eigenvalue weighted by Gasteiger charge is -2.37. The maximum absolute atomic E-state index is 9.31. The van der Waals surface area contributed by atoms with E-state index in [2.05, 4.69) is 30.8 Å². The van der Waals surface area contributed by atoms with Crippen molar-refractivity contribution < 1.29 is 5.11 Å². The van der Waals surface area contributed by atoms with Gasteiger partial charge in [-0.15, -0.1) is 0 Å². The Bertz CT molecular complexity index is 540. The van der Waals surface area contributed by atoms with Crippen molar-refractivity contribution in [3.63, 3.8) is 0 Å². The summed E-state index contributed by atoms with van der Waals surface area (Å²) >= 11 is 3.47. The molecule has 0 aliphatic carbocycles. The molecule has 5 heteroatoms. The Kier molecular flexibility index (Phi) is 2.29. The molecule has 1 aliphatic rings. The lowest BCUT2D eigenvalue weighted by molar-refractivity contribution is 0.141. The third-order valence-electron chi connectivity index (χ3n) is 2.76. The number of aliphatic hydroxyl groups is 1. The fourth-order valence-corrected chi connectivity index (χ4v) is 2.39. The van der Waals surface area contributed by atoms with E-state index in [4.69, 9.17) is 0 Å². The fraction of sp³-hybridized carbons (Fsp3) is 0.273. The van der Waals surface area contributed by atoms with Crippen molar-refractivity contribution in [2.45, 2.75) is 6.10 Å². The molecular formula is C11H10BrN3O. The second-order valence-electron chi connectivity index (χ2n) is 3.89. The lowest BCUT2D eigenvalue weighted by atomic mass is 10.1. The number of aromatic nitrogens is 2. The third kappa shape index (κ3) is 1.47. The van der Waals surface area contributed by atoms with Crippen LogP contribution in [0.5, 0.6) is 0 Å². The van der Waals surface area contributed by atoms with Crippen molar-refractivity contribution in [1.82, 2.24) is 9.97 Å². The molecule has 0 saturated carbocycles. The molecule has 0 spiro atoms. The molecule has 16 heavy (non-hydrogen) atoms. The lowest BCUT2D eigenvalue weighted by Crippen LogP contribution is -2.51. The molecule has 3 rings (SSSR count). The first-order chi connectivity index (χ1) is 7.75. The van der Waals surface area contributed by atoms with Gasteiger partial charge in [0.1, 0.15) is 12.1 Å². The quantitative estimate of drug-likeness (QED) is 0.861. The minimum atomic E-state index is -0.225. The summed E-state index contributed by atoms with van der Waals surface area (Å²) in [6.07, 6.45) is 1.34. The summed E-state index contributed by atoms with van der Waals surface area (Å²) in [7, 11) is 0. The minimum absolute atomic E-state index is 0.225. The van der Waals surface area contributed by atoms with E-state index in [1.807, 2.05) is 18.2 Å². The molecule has 1 saturated heterocycles. The highest BCUT2D eigenvalue weighted by atomic mass is 79.9. The van der Waals surface area contributed by atoms with Crippen LogP contribution >= 0.6 is 15.9 Å². The largest absolute Gasteiger partial charge is 0.389 e. The summed E-state index contributed by atoms with van der Waals surface area (Å²) in [4.78, 5) is 10.6. The van der Waals surface area contributed by atoms with Gasteiger partial charge < -0.3 is 10.0 Å². The van der Waals surface area contributed by atoms with Crippen LogP contribution in [0.2, 0.25) is 0 Å². The SMILES string of the molecule is OC1CN(c2ncnc3c(Br)cccc23)C1. The van der Waals surface area contributed by atoms with Crippen LogP contribution < -0.4 is 4.90 Å². The number of para-hydroxylation sites is 1. The maximum atomic E-state index is 9.31. The van der Waals surface area contributed by atoms with Crippen molar-refractivity contribution in [3.8, 4) is 0 Å². The smallest absolute Gasteiger partial charge is 0.140 e. The van der Waals surface area contributed by atoms with E-state index in [9.17, 15) is 5.11 Å². The van der Waals surface area contributed by atoms with Gasteiger partial charge in [0, 0.05) is 22.9 Å². The second-order valence-corrected chi connectivity index (χ2v) is 4.75. The molecule has 2 aromatic rings. The number of aliphatic hydroxyl groups excluding tert-OH is 1. The number of hydrogen-bond donors (Lipinski definition) is 1. The van der Waals surface area contributed by atoms with E-state index >= 15 is 0 Å². The predicted octanol–water partition coefficient (Wildman–Crippen LogP) is 1.57. The van der Waals surface area contributed by atoms with Gasteiger partial charge in [-0.05, 0) is 28.1 Å². The van der Waals surface area contributed by atoms with Crippen LogP contribution in [0.4, 0.5) is 5.82 Å². The average molecular weight is 280 g/mol. The fourth-order valence-electron chi connectivity index (χ4n) is 1.92. The zero-order chi connectivity index (χ0) is 11.1. The van der Waals surface area contributed by atoms with E-state index in [0.29, 0.717) is 13.1 Å². The number of fused-ring (bicyclic) bond motifs is 1. The van der Waals surface area contributed by atoms with Crippen LogP contribution in [-0.4, -0.2) is 34.3 Å². The van der Waals surface area contributed by atoms with Crippen molar-refractivity contribution in [1.29, 1.82) is 0 Å². The number of anilines is 1.